The van der Waals surface area contributed by atoms with E-state index in [-0.39, 0.29) is 30.0 Å². The average Bonchev–Trinajstić information content (AvgIpc) is 3.23. The fraction of sp³-hybridized carbons (Fsp3) is 0.269. The van der Waals surface area contributed by atoms with Crippen LogP contribution in [0.5, 0.6) is 0 Å². The van der Waals surface area contributed by atoms with Gasteiger partial charge < -0.3 is 19.4 Å². The second-order valence-corrected chi connectivity index (χ2v) is 7.88. The van der Waals surface area contributed by atoms with E-state index in [1.807, 2.05) is 31.2 Å². The maximum absolute atomic E-state index is 12.7. The SMILES string of the molecule is CCN(CC)CCOC(=O)c1ccc(NC(=O)c2cc3cc4cc(C)ccc4nc3o2)cc1.Cl. The summed E-state index contributed by atoms with van der Waals surface area (Å²) in [5.74, 6) is -0.599. The highest BCUT2D eigenvalue weighted by Gasteiger charge is 2.15. The molecule has 1 amide bonds. The number of pyridine rings is 1. The largest absolute Gasteiger partial charge is 0.461 e. The predicted molar refractivity (Wildman–Crippen MR) is 136 cm³/mol. The summed E-state index contributed by atoms with van der Waals surface area (Å²) in [6, 6.07) is 16.2. The van der Waals surface area contributed by atoms with E-state index in [1.54, 1.807) is 30.3 Å². The van der Waals surface area contributed by atoms with Gasteiger partial charge in [0.2, 0.25) is 5.71 Å². The first kappa shape index (κ1) is 25.2. The standard InChI is InChI=1S/C26H27N3O4.ClH/c1-4-29(5-2)12-13-32-26(31)18-7-9-21(10-8-18)27-24(30)23-16-20-15-19-14-17(3)6-11-22(19)28-25(20)33-23;/h6-11,14-16H,4-5,12-13H2,1-3H3,(H,27,30);1H. The van der Waals surface area contributed by atoms with E-state index in [0.717, 1.165) is 34.9 Å². The van der Waals surface area contributed by atoms with Gasteiger partial charge in [-0.2, -0.15) is 0 Å². The minimum absolute atomic E-state index is 0. The molecule has 0 aliphatic carbocycles. The number of carbonyl (C=O) groups excluding carboxylic acids is 2. The first-order chi connectivity index (χ1) is 16.0. The molecular formula is C26H28ClN3O4. The van der Waals surface area contributed by atoms with Gasteiger partial charge in [0.15, 0.2) is 5.76 Å². The van der Waals surface area contributed by atoms with Crippen molar-refractivity contribution in [2.45, 2.75) is 20.8 Å². The number of nitrogens with one attached hydrogen (secondary N) is 1. The van der Waals surface area contributed by atoms with Crippen molar-refractivity contribution in [3.05, 3.63) is 71.5 Å². The molecule has 0 fully saturated rings. The number of rotatable bonds is 8. The van der Waals surface area contributed by atoms with E-state index >= 15 is 0 Å². The molecule has 0 aliphatic rings. The predicted octanol–water partition coefficient (Wildman–Crippen LogP) is 5.46. The zero-order chi connectivity index (χ0) is 23.4. The summed E-state index contributed by atoms with van der Waals surface area (Å²) in [7, 11) is 0. The molecular weight excluding hydrogens is 454 g/mol. The maximum Gasteiger partial charge on any atom is 0.338 e. The molecule has 0 radical (unpaired) electrons. The zero-order valence-corrected chi connectivity index (χ0v) is 20.3. The normalized spacial score (nSPS) is 10.9. The Morgan fingerprint density at radius 1 is 1.00 bits per heavy atom. The van der Waals surface area contributed by atoms with Gasteiger partial charge >= 0.3 is 5.97 Å². The summed E-state index contributed by atoms with van der Waals surface area (Å²) in [5, 5.41) is 4.55. The minimum atomic E-state index is -0.386. The van der Waals surface area contributed by atoms with Crippen LogP contribution in [0.1, 0.15) is 40.3 Å². The molecule has 2 aromatic carbocycles. The smallest absolute Gasteiger partial charge is 0.338 e. The van der Waals surface area contributed by atoms with Gasteiger partial charge in [0.25, 0.3) is 5.91 Å². The number of halogens is 1. The molecule has 0 atom stereocenters. The first-order valence-electron chi connectivity index (χ1n) is 11.1. The van der Waals surface area contributed by atoms with Crippen LogP contribution in [-0.2, 0) is 4.74 Å². The van der Waals surface area contributed by atoms with Crippen LogP contribution >= 0.6 is 12.4 Å². The van der Waals surface area contributed by atoms with Crippen molar-refractivity contribution in [2.75, 3.05) is 31.6 Å². The van der Waals surface area contributed by atoms with Crippen molar-refractivity contribution in [2.24, 2.45) is 0 Å². The molecule has 0 aliphatic heterocycles. The Kier molecular flexibility index (Phi) is 8.26. The number of fused-ring (bicyclic) bond motifs is 2. The number of carbonyl (C=O) groups is 2. The van der Waals surface area contributed by atoms with Gasteiger partial charge in [-0.15, -0.1) is 12.4 Å². The molecule has 0 saturated carbocycles. The van der Waals surface area contributed by atoms with Crippen molar-refractivity contribution >= 4 is 52.0 Å². The number of aromatic nitrogens is 1. The number of aryl methyl sites for hydroxylation is 1. The van der Waals surface area contributed by atoms with Gasteiger partial charge in [-0.05, 0) is 68.5 Å². The second kappa shape index (κ2) is 11.1. The van der Waals surface area contributed by atoms with Crippen molar-refractivity contribution in [1.29, 1.82) is 0 Å². The lowest BCUT2D eigenvalue weighted by atomic mass is 10.1. The number of ether oxygens (including phenoxy) is 1. The van der Waals surface area contributed by atoms with Crippen LogP contribution in [0.25, 0.3) is 22.0 Å². The summed E-state index contributed by atoms with van der Waals surface area (Å²) in [5.41, 5.74) is 3.35. The lowest BCUT2D eigenvalue weighted by Crippen LogP contribution is -2.27. The van der Waals surface area contributed by atoms with Gasteiger partial charge in [0.05, 0.1) is 11.1 Å². The Morgan fingerprint density at radius 2 is 1.74 bits per heavy atom. The highest BCUT2D eigenvalue weighted by Crippen LogP contribution is 2.24. The van der Waals surface area contributed by atoms with Gasteiger partial charge in [0, 0.05) is 23.0 Å². The lowest BCUT2D eigenvalue weighted by molar-refractivity contribution is 0.0466. The van der Waals surface area contributed by atoms with Crippen LogP contribution in [0.2, 0.25) is 0 Å². The topological polar surface area (TPSA) is 84.7 Å². The third-order valence-electron chi connectivity index (χ3n) is 5.59. The fourth-order valence-corrected chi connectivity index (χ4v) is 3.64. The Hall–Kier alpha value is -3.42. The highest BCUT2D eigenvalue weighted by atomic mass is 35.5. The monoisotopic (exact) mass is 481 g/mol. The molecule has 4 aromatic rings. The molecule has 4 rings (SSSR count). The minimum Gasteiger partial charge on any atom is -0.461 e. The third kappa shape index (κ3) is 5.73. The molecule has 34 heavy (non-hydrogen) atoms. The number of hydrogen-bond acceptors (Lipinski definition) is 6. The van der Waals surface area contributed by atoms with Gasteiger partial charge in [-0.3, -0.25) is 4.79 Å². The van der Waals surface area contributed by atoms with Gasteiger partial charge in [-0.1, -0.05) is 25.5 Å². The van der Waals surface area contributed by atoms with Crippen LogP contribution in [0.4, 0.5) is 5.69 Å². The van der Waals surface area contributed by atoms with Crippen molar-refractivity contribution < 1.29 is 18.7 Å². The number of esters is 1. The van der Waals surface area contributed by atoms with Crippen LogP contribution in [-0.4, -0.2) is 48.0 Å². The van der Waals surface area contributed by atoms with E-state index in [1.165, 1.54) is 0 Å². The highest BCUT2D eigenvalue weighted by molar-refractivity contribution is 6.05. The molecule has 2 heterocycles. The van der Waals surface area contributed by atoms with Crippen LogP contribution in [0.3, 0.4) is 0 Å². The molecule has 0 bridgehead atoms. The van der Waals surface area contributed by atoms with E-state index in [2.05, 4.69) is 29.0 Å². The maximum atomic E-state index is 12.7. The Morgan fingerprint density at radius 3 is 2.44 bits per heavy atom. The summed E-state index contributed by atoms with van der Waals surface area (Å²) < 4.78 is 11.0. The fourth-order valence-electron chi connectivity index (χ4n) is 3.64. The van der Waals surface area contributed by atoms with Gasteiger partial charge in [0.1, 0.15) is 6.61 Å². The quantitative estimate of drug-likeness (QED) is 0.336. The summed E-state index contributed by atoms with van der Waals surface area (Å²) in [6.45, 7) is 9.04. The van der Waals surface area contributed by atoms with Gasteiger partial charge in [-0.25, -0.2) is 9.78 Å². The molecule has 0 unspecified atom stereocenters. The number of hydrogen-bond donors (Lipinski definition) is 1. The molecule has 8 heteroatoms. The zero-order valence-electron chi connectivity index (χ0n) is 19.5. The molecule has 1 N–H and O–H groups in total. The van der Waals surface area contributed by atoms with Crippen molar-refractivity contribution in [1.82, 2.24) is 9.88 Å². The van der Waals surface area contributed by atoms with Crippen LogP contribution in [0, 0.1) is 6.92 Å². The number of furan rings is 1. The Labute approximate surface area is 204 Å². The van der Waals surface area contributed by atoms with E-state index < -0.39 is 0 Å². The summed E-state index contributed by atoms with van der Waals surface area (Å²) in [6.07, 6.45) is 0. The Balaban J connectivity index is 0.00000324. The van der Waals surface area contributed by atoms with Crippen molar-refractivity contribution in [3.8, 4) is 0 Å². The summed E-state index contributed by atoms with van der Waals surface area (Å²) >= 11 is 0. The number of amides is 1. The first-order valence-corrected chi connectivity index (χ1v) is 11.1. The lowest BCUT2D eigenvalue weighted by Gasteiger charge is -2.17. The second-order valence-electron chi connectivity index (χ2n) is 7.88. The third-order valence-corrected chi connectivity index (χ3v) is 5.59. The van der Waals surface area contributed by atoms with Crippen molar-refractivity contribution in [3.63, 3.8) is 0 Å². The molecule has 7 nitrogen and oxygen atoms in total. The van der Waals surface area contributed by atoms with E-state index in [0.29, 0.717) is 30.1 Å². The molecule has 0 spiro atoms. The number of anilines is 1. The average molecular weight is 482 g/mol. The van der Waals surface area contributed by atoms with Crippen LogP contribution < -0.4 is 5.32 Å². The number of nitrogens with zero attached hydrogens (tertiary/aromatic N) is 2. The number of benzene rings is 2. The van der Waals surface area contributed by atoms with E-state index in [9.17, 15) is 9.59 Å². The molecule has 2 aromatic heterocycles. The van der Waals surface area contributed by atoms with E-state index in [4.69, 9.17) is 9.15 Å². The number of likely N-dealkylation sites (N-methyl/N-ethyl adjacent to an activating group) is 1. The molecule has 0 saturated heterocycles. The molecule has 178 valence electrons. The van der Waals surface area contributed by atoms with Crippen LogP contribution in [0.15, 0.2) is 59.0 Å². The Bertz CT molecular complexity index is 1300. The summed E-state index contributed by atoms with van der Waals surface area (Å²) in [4.78, 5) is 31.6.